The molecule has 0 aliphatic carbocycles. The highest BCUT2D eigenvalue weighted by molar-refractivity contribution is 5.59. The fourth-order valence-electron chi connectivity index (χ4n) is 0.640. The molecule has 0 N–H and O–H groups in total. The number of hydrogen-bond donors (Lipinski definition) is 0. The van der Waals surface area contributed by atoms with Gasteiger partial charge in [0.1, 0.15) is 0 Å². The summed E-state index contributed by atoms with van der Waals surface area (Å²) in [5.41, 5.74) is 0. The van der Waals surface area contributed by atoms with Crippen LogP contribution in [0, 0.1) is 0 Å². The van der Waals surface area contributed by atoms with Gasteiger partial charge in [-0.15, -0.1) is 0 Å². The third-order valence-corrected chi connectivity index (χ3v) is 1.37. The van der Waals surface area contributed by atoms with Crippen LogP contribution < -0.4 is 0 Å². The van der Waals surface area contributed by atoms with Crippen LogP contribution >= 0.6 is 0 Å². The Kier molecular flexibility index (Phi) is 5.61. The topological polar surface area (TPSA) is 35.5 Å². The van der Waals surface area contributed by atoms with Crippen LogP contribution in [0.5, 0.6) is 0 Å². The summed E-state index contributed by atoms with van der Waals surface area (Å²) in [6.45, 7) is -3.77. The lowest BCUT2D eigenvalue weighted by Crippen LogP contribution is -2.45. The van der Waals surface area contributed by atoms with Crippen molar-refractivity contribution < 1.29 is 49.4 Å². The van der Waals surface area contributed by atoms with Crippen LogP contribution in [-0.4, -0.2) is 44.1 Å². The monoisotopic (exact) mass is 290 g/mol. The quantitative estimate of drug-likeness (QED) is 0.577. The minimum absolute atomic E-state index is 1.48. The average molecular weight is 290 g/mol. The van der Waals surface area contributed by atoms with E-state index in [0.29, 0.717) is 0 Å². The molecule has 0 aliphatic rings. The lowest BCUT2D eigenvalue weighted by atomic mass is 10.2. The highest BCUT2D eigenvalue weighted by atomic mass is 19.4. The van der Waals surface area contributed by atoms with E-state index in [1.165, 1.54) is 0 Å². The molecule has 0 rings (SSSR count). The van der Waals surface area contributed by atoms with E-state index in [0.717, 1.165) is 0 Å². The van der Waals surface area contributed by atoms with E-state index in [9.17, 15) is 39.9 Å². The Morgan fingerprint density at radius 2 is 1.50 bits per heavy atom. The molecule has 0 heterocycles. The molecule has 11 heteroatoms. The molecule has 0 aromatic heterocycles. The molecule has 0 aromatic carbocycles. The van der Waals surface area contributed by atoms with Gasteiger partial charge in [0.05, 0.1) is 0 Å². The van der Waals surface area contributed by atoms with Crippen molar-refractivity contribution in [2.75, 3.05) is 13.2 Å². The molecule has 18 heavy (non-hydrogen) atoms. The molecule has 0 saturated heterocycles. The molecule has 0 saturated carbocycles. The summed E-state index contributed by atoms with van der Waals surface area (Å²) in [5.74, 6) is -5.04. The van der Waals surface area contributed by atoms with Crippen LogP contribution in [0.4, 0.5) is 39.9 Å². The molecular weight excluding hydrogens is 284 g/mol. The van der Waals surface area contributed by atoms with Gasteiger partial charge in [-0.3, -0.25) is 0 Å². The zero-order valence-electron chi connectivity index (χ0n) is 8.32. The van der Waals surface area contributed by atoms with E-state index in [4.69, 9.17) is 0 Å². The summed E-state index contributed by atoms with van der Waals surface area (Å²) in [4.78, 5) is 10.4. The second-order valence-electron chi connectivity index (χ2n) is 2.91. The van der Waals surface area contributed by atoms with Crippen molar-refractivity contribution in [2.24, 2.45) is 0 Å². The lowest BCUT2D eigenvalue weighted by Gasteiger charge is -2.21. The first kappa shape index (κ1) is 16.7. The van der Waals surface area contributed by atoms with Crippen LogP contribution in [0.3, 0.4) is 0 Å². The van der Waals surface area contributed by atoms with Gasteiger partial charge in [0, 0.05) is 0 Å². The number of ether oxygens (including phenoxy) is 2. The summed E-state index contributed by atoms with van der Waals surface area (Å²) < 4.78 is 102. The summed E-state index contributed by atoms with van der Waals surface area (Å²) in [6, 6.07) is 0. The van der Waals surface area contributed by atoms with Gasteiger partial charge in [-0.1, -0.05) is 0 Å². The molecule has 0 radical (unpaired) electrons. The first-order valence-electron chi connectivity index (χ1n) is 4.13. The minimum Gasteiger partial charge on any atom is -0.428 e. The number of rotatable bonds is 5. The summed E-state index contributed by atoms with van der Waals surface area (Å²) in [7, 11) is 0. The number of carbonyl (C=O) groups is 1. The smallest absolute Gasteiger partial charge is 0.428 e. The second kappa shape index (κ2) is 6.05. The van der Waals surface area contributed by atoms with Crippen molar-refractivity contribution in [3.8, 4) is 0 Å². The number of hydrogen-bond acceptors (Lipinski definition) is 3. The zero-order valence-corrected chi connectivity index (χ0v) is 8.32. The Labute approximate surface area is 94.6 Å². The predicted molar refractivity (Wildman–Crippen MR) is 39.2 cm³/mol. The molecule has 1 atom stereocenters. The summed E-state index contributed by atoms with van der Waals surface area (Å²) >= 11 is 0. The molecule has 0 bridgehead atoms. The first-order chi connectivity index (χ1) is 7.97. The Balaban J connectivity index is 4.22. The van der Waals surface area contributed by atoms with Crippen LogP contribution in [0.2, 0.25) is 0 Å². The van der Waals surface area contributed by atoms with Gasteiger partial charge >= 0.3 is 18.3 Å². The van der Waals surface area contributed by atoms with Gasteiger partial charge in [-0.2, -0.15) is 22.0 Å². The number of carbonyl (C=O) groups excluding carboxylic acids is 1. The van der Waals surface area contributed by atoms with Gasteiger partial charge < -0.3 is 9.47 Å². The fraction of sp³-hybridized carbons (Fsp3) is 0.857. The van der Waals surface area contributed by atoms with Gasteiger partial charge in [0.2, 0.25) is 0 Å². The normalized spacial score (nSPS) is 14.5. The maximum Gasteiger partial charge on any atom is 0.508 e. The molecule has 0 aromatic rings. The second-order valence-corrected chi connectivity index (χ2v) is 2.91. The maximum atomic E-state index is 12.5. The van der Waals surface area contributed by atoms with E-state index in [1.807, 2.05) is 0 Å². The minimum atomic E-state index is -5.85. The van der Waals surface area contributed by atoms with Crippen LogP contribution in [0.1, 0.15) is 0 Å². The molecule has 0 amide bonds. The molecule has 3 nitrogen and oxygen atoms in total. The molecular formula is C7H6F8O3. The van der Waals surface area contributed by atoms with Gasteiger partial charge in [0.25, 0.3) is 12.6 Å². The van der Waals surface area contributed by atoms with E-state index in [2.05, 4.69) is 9.47 Å². The maximum absolute atomic E-state index is 12.5. The lowest BCUT2D eigenvalue weighted by molar-refractivity contribution is -0.252. The fourth-order valence-corrected chi connectivity index (χ4v) is 0.640. The zero-order chi connectivity index (χ0) is 14.6. The Morgan fingerprint density at radius 3 is 1.89 bits per heavy atom. The highest BCUT2D eigenvalue weighted by Crippen LogP contribution is 2.35. The Morgan fingerprint density at radius 1 is 1.00 bits per heavy atom. The van der Waals surface area contributed by atoms with Gasteiger partial charge in [-0.05, 0) is 0 Å². The van der Waals surface area contributed by atoms with Crippen molar-refractivity contribution in [3.05, 3.63) is 0 Å². The van der Waals surface area contributed by atoms with Crippen molar-refractivity contribution in [2.45, 2.75) is 24.7 Å². The molecule has 0 spiro atoms. The third-order valence-electron chi connectivity index (χ3n) is 1.37. The third kappa shape index (κ3) is 5.87. The van der Waals surface area contributed by atoms with Crippen molar-refractivity contribution in [1.29, 1.82) is 0 Å². The van der Waals surface area contributed by atoms with Crippen molar-refractivity contribution in [1.82, 2.24) is 0 Å². The van der Waals surface area contributed by atoms with E-state index in [1.54, 1.807) is 0 Å². The van der Waals surface area contributed by atoms with Crippen LogP contribution in [0.25, 0.3) is 0 Å². The van der Waals surface area contributed by atoms with E-state index >= 15 is 0 Å². The standard InChI is InChI=1S/C7H6F8O3/c8-3(9)1-17-5(16)18-2-6(11,12)4(10)7(13,14)15/h3-4H,1-2H2. The molecule has 108 valence electrons. The predicted octanol–water partition coefficient (Wildman–Crippen LogP) is 2.94. The molecule has 1 unspecified atom stereocenters. The number of halogens is 8. The van der Waals surface area contributed by atoms with Crippen molar-refractivity contribution in [3.63, 3.8) is 0 Å². The van der Waals surface area contributed by atoms with E-state index < -0.39 is 44.1 Å². The van der Waals surface area contributed by atoms with E-state index in [-0.39, 0.29) is 0 Å². The first-order valence-corrected chi connectivity index (χ1v) is 4.13. The van der Waals surface area contributed by atoms with Crippen LogP contribution in [0.15, 0.2) is 0 Å². The Hall–Kier alpha value is -1.29. The highest BCUT2D eigenvalue weighted by Gasteiger charge is 2.57. The number of alkyl halides is 8. The molecule has 0 fully saturated rings. The Bertz CT molecular complexity index is 276. The van der Waals surface area contributed by atoms with Crippen LogP contribution in [-0.2, 0) is 9.47 Å². The summed E-state index contributed by atoms with van der Waals surface area (Å²) in [6.07, 6.45) is -15.6. The largest absolute Gasteiger partial charge is 0.508 e. The summed E-state index contributed by atoms with van der Waals surface area (Å²) in [5, 5.41) is 0. The molecule has 0 aliphatic heterocycles. The SMILES string of the molecule is O=C(OCC(F)F)OCC(F)(F)C(F)C(F)(F)F. The average Bonchev–Trinajstić information content (AvgIpc) is 2.21. The van der Waals surface area contributed by atoms with Crippen molar-refractivity contribution >= 4 is 6.16 Å². The van der Waals surface area contributed by atoms with Gasteiger partial charge in [0.15, 0.2) is 13.2 Å². The van der Waals surface area contributed by atoms with Gasteiger partial charge in [-0.25, -0.2) is 18.0 Å².